The summed E-state index contributed by atoms with van der Waals surface area (Å²) in [4.78, 5) is 8.31. The van der Waals surface area contributed by atoms with Gasteiger partial charge in [-0.3, -0.25) is 0 Å². The summed E-state index contributed by atoms with van der Waals surface area (Å²) in [5, 5.41) is 9.75. The Morgan fingerprint density at radius 2 is 2.05 bits per heavy atom. The van der Waals surface area contributed by atoms with Gasteiger partial charge in [-0.15, -0.1) is 0 Å². The SMILES string of the molecule is NC=Cc1ncc(O)c(CCCCCC2CCCC2)n1. The van der Waals surface area contributed by atoms with Gasteiger partial charge in [0.05, 0.1) is 11.9 Å². The molecule has 0 aliphatic heterocycles. The van der Waals surface area contributed by atoms with E-state index < -0.39 is 0 Å². The van der Waals surface area contributed by atoms with E-state index in [-0.39, 0.29) is 5.75 Å². The number of hydrogen-bond acceptors (Lipinski definition) is 4. The van der Waals surface area contributed by atoms with Crippen LogP contribution in [0, 0.1) is 5.92 Å². The van der Waals surface area contributed by atoms with E-state index in [2.05, 4.69) is 9.97 Å². The largest absolute Gasteiger partial charge is 0.504 e. The van der Waals surface area contributed by atoms with Crippen LogP contribution < -0.4 is 5.73 Å². The topological polar surface area (TPSA) is 72.0 Å². The smallest absolute Gasteiger partial charge is 0.155 e. The molecule has 0 radical (unpaired) electrons. The molecule has 20 heavy (non-hydrogen) atoms. The van der Waals surface area contributed by atoms with E-state index in [9.17, 15) is 5.11 Å². The highest BCUT2D eigenvalue weighted by Gasteiger charge is 2.14. The normalized spacial score (nSPS) is 16.2. The first-order valence-electron chi connectivity index (χ1n) is 7.72. The molecule has 1 fully saturated rings. The van der Waals surface area contributed by atoms with Crippen molar-refractivity contribution in [2.45, 2.75) is 57.8 Å². The minimum atomic E-state index is 0.190. The molecule has 0 spiro atoms. The molecule has 0 bridgehead atoms. The zero-order valence-electron chi connectivity index (χ0n) is 12.1. The third kappa shape index (κ3) is 4.51. The number of unbranched alkanes of at least 4 members (excludes halogenated alkanes) is 2. The Hall–Kier alpha value is -1.58. The standard InChI is InChI=1S/C16H25N3O/c17-11-10-16-18-12-15(20)14(19-16)9-3-1-2-6-13-7-4-5-8-13/h10-13,20H,1-9,17H2. The van der Waals surface area contributed by atoms with Gasteiger partial charge in [0.1, 0.15) is 0 Å². The number of aromatic nitrogens is 2. The van der Waals surface area contributed by atoms with Crippen LogP contribution in [0.1, 0.15) is 62.9 Å². The number of nitrogens with two attached hydrogens (primary N) is 1. The van der Waals surface area contributed by atoms with E-state index in [1.54, 1.807) is 6.08 Å². The molecule has 1 aliphatic carbocycles. The number of nitrogens with zero attached hydrogens (tertiary/aromatic N) is 2. The molecule has 110 valence electrons. The third-order valence-corrected chi connectivity index (χ3v) is 4.11. The second-order valence-corrected chi connectivity index (χ2v) is 5.67. The lowest BCUT2D eigenvalue weighted by Crippen LogP contribution is -1.98. The van der Waals surface area contributed by atoms with Crippen LogP contribution in [-0.4, -0.2) is 15.1 Å². The highest BCUT2D eigenvalue weighted by molar-refractivity contribution is 5.40. The Kier molecular flexibility index (Phi) is 5.84. The van der Waals surface area contributed by atoms with Crippen molar-refractivity contribution in [3.05, 3.63) is 23.9 Å². The first-order chi connectivity index (χ1) is 9.79. The van der Waals surface area contributed by atoms with Gasteiger partial charge in [0, 0.05) is 0 Å². The van der Waals surface area contributed by atoms with Crippen molar-refractivity contribution >= 4 is 6.08 Å². The molecule has 0 saturated heterocycles. The predicted octanol–water partition coefficient (Wildman–Crippen LogP) is 3.40. The second kappa shape index (κ2) is 7.88. The Balaban J connectivity index is 1.71. The molecule has 3 N–H and O–H groups in total. The Labute approximate surface area is 121 Å². The molecular weight excluding hydrogens is 250 g/mol. The van der Waals surface area contributed by atoms with Crippen molar-refractivity contribution in [1.82, 2.24) is 9.97 Å². The molecule has 1 aromatic heterocycles. The maximum Gasteiger partial charge on any atom is 0.155 e. The number of rotatable bonds is 7. The first kappa shape index (κ1) is 14.8. The molecule has 0 unspecified atom stereocenters. The van der Waals surface area contributed by atoms with Gasteiger partial charge < -0.3 is 10.8 Å². The summed E-state index contributed by atoms with van der Waals surface area (Å²) in [5.41, 5.74) is 6.06. The summed E-state index contributed by atoms with van der Waals surface area (Å²) in [7, 11) is 0. The van der Waals surface area contributed by atoms with E-state index in [0.717, 1.165) is 24.5 Å². The van der Waals surface area contributed by atoms with E-state index in [4.69, 9.17) is 5.73 Å². The quantitative estimate of drug-likeness (QED) is 0.748. The zero-order valence-corrected chi connectivity index (χ0v) is 12.1. The summed E-state index contributed by atoms with van der Waals surface area (Å²) >= 11 is 0. The summed E-state index contributed by atoms with van der Waals surface area (Å²) in [6.45, 7) is 0. The van der Waals surface area contributed by atoms with E-state index >= 15 is 0 Å². The fourth-order valence-corrected chi connectivity index (χ4v) is 2.98. The molecule has 0 aromatic carbocycles. The average Bonchev–Trinajstić information content (AvgIpc) is 2.95. The lowest BCUT2D eigenvalue weighted by molar-refractivity contribution is 0.451. The summed E-state index contributed by atoms with van der Waals surface area (Å²) in [6, 6.07) is 0. The molecule has 0 amide bonds. The fraction of sp³-hybridized carbons (Fsp3) is 0.625. The van der Waals surface area contributed by atoms with Crippen LogP contribution >= 0.6 is 0 Å². The van der Waals surface area contributed by atoms with Gasteiger partial charge in [-0.05, 0) is 31.0 Å². The van der Waals surface area contributed by atoms with E-state index in [1.807, 2.05) is 0 Å². The van der Waals surface area contributed by atoms with E-state index in [1.165, 1.54) is 57.3 Å². The minimum absolute atomic E-state index is 0.190. The van der Waals surface area contributed by atoms with Gasteiger partial charge in [-0.25, -0.2) is 9.97 Å². The van der Waals surface area contributed by atoms with Crippen molar-refractivity contribution in [3.63, 3.8) is 0 Å². The van der Waals surface area contributed by atoms with Gasteiger partial charge >= 0.3 is 0 Å². The van der Waals surface area contributed by atoms with Crippen molar-refractivity contribution < 1.29 is 5.11 Å². The average molecular weight is 275 g/mol. The predicted molar refractivity (Wildman–Crippen MR) is 81.0 cm³/mol. The monoisotopic (exact) mass is 275 g/mol. The van der Waals surface area contributed by atoms with Gasteiger partial charge in [0.15, 0.2) is 11.6 Å². The van der Waals surface area contributed by atoms with E-state index in [0.29, 0.717) is 5.82 Å². The van der Waals surface area contributed by atoms with Gasteiger partial charge in [0.2, 0.25) is 0 Å². The maximum absolute atomic E-state index is 9.75. The summed E-state index contributed by atoms with van der Waals surface area (Å²) in [5.74, 6) is 1.73. The Morgan fingerprint density at radius 1 is 1.25 bits per heavy atom. The van der Waals surface area contributed by atoms with Crippen molar-refractivity contribution in [2.75, 3.05) is 0 Å². The number of hydrogen-bond donors (Lipinski definition) is 2. The molecule has 1 aromatic rings. The van der Waals surface area contributed by atoms with Crippen molar-refractivity contribution in [3.8, 4) is 5.75 Å². The Bertz CT molecular complexity index is 439. The van der Waals surface area contributed by atoms with Crippen LogP contribution in [0.4, 0.5) is 0 Å². The summed E-state index contributed by atoms with van der Waals surface area (Å²) < 4.78 is 0. The molecule has 1 aliphatic rings. The van der Waals surface area contributed by atoms with Gasteiger partial charge in [0.25, 0.3) is 0 Å². The van der Waals surface area contributed by atoms with Gasteiger partial charge in [-0.2, -0.15) is 0 Å². The highest BCUT2D eigenvalue weighted by atomic mass is 16.3. The second-order valence-electron chi connectivity index (χ2n) is 5.67. The van der Waals surface area contributed by atoms with Crippen molar-refractivity contribution in [2.24, 2.45) is 11.7 Å². The highest BCUT2D eigenvalue weighted by Crippen LogP contribution is 2.29. The van der Waals surface area contributed by atoms with Gasteiger partial charge in [-0.1, -0.05) is 44.9 Å². The minimum Gasteiger partial charge on any atom is -0.504 e. The van der Waals surface area contributed by atoms with Crippen LogP contribution in [-0.2, 0) is 6.42 Å². The zero-order chi connectivity index (χ0) is 14.2. The molecular formula is C16H25N3O. The molecule has 1 heterocycles. The first-order valence-corrected chi connectivity index (χ1v) is 7.72. The molecule has 1 saturated carbocycles. The maximum atomic E-state index is 9.75. The van der Waals surface area contributed by atoms with Crippen LogP contribution in [0.5, 0.6) is 5.75 Å². The number of aromatic hydroxyl groups is 1. The third-order valence-electron chi connectivity index (χ3n) is 4.11. The molecule has 2 rings (SSSR count). The van der Waals surface area contributed by atoms with Crippen LogP contribution in [0.3, 0.4) is 0 Å². The van der Waals surface area contributed by atoms with Crippen LogP contribution in [0.2, 0.25) is 0 Å². The van der Waals surface area contributed by atoms with Crippen LogP contribution in [0.15, 0.2) is 12.4 Å². The van der Waals surface area contributed by atoms with Crippen molar-refractivity contribution in [1.29, 1.82) is 0 Å². The molecule has 4 heteroatoms. The van der Waals surface area contributed by atoms with Crippen LogP contribution in [0.25, 0.3) is 6.08 Å². The lowest BCUT2D eigenvalue weighted by Gasteiger charge is -2.08. The Morgan fingerprint density at radius 3 is 2.80 bits per heavy atom. The molecule has 0 atom stereocenters. The lowest BCUT2D eigenvalue weighted by atomic mass is 9.99. The fourth-order valence-electron chi connectivity index (χ4n) is 2.98. The molecule has 4 nitrogen and oxygen atoms in total. The summed E-state index contributed by atoms with van der Waals surface area (Å²) in [6.07, 6.45) is 16.0. The number of aryl methyl sites for hydroxylation is 1.